The molecule has 2 rings (SSSR count). The van der Waals surface area contributed by atoms with E-state index < -0.39 is 5.97 Å². The summed E-state index contributed by atoms with van der Waals surface area (Å²) in [5.41, 5.74) is 1.39. The summed E-state index contributed by atoms with van der Waals surface area (Å²) >= 11 is 5.99. The van der Waals surface area contributed by atoms with Crippen LogP contribution in [0.5, 0.6) is 5.75 Å². The molecular formula is C16H13ClO4. The van der Waals surface area contributed by atoms with Crippen molar-refractivity contribution in [2.24, 2.45) is 0 Å². The van der Waals surface area contributed by atoms with E-state index >= 15 is 0 Å². The van der Waals surface area contributed by atoms with Gasteiger partial charge in [0.25, 0.3) is 0 Å². The Balaban J connectivity index is 2.10. The van der Waals surface area contributed by atoms with Gasteiger partial charge in [-0.15, -0.1) is 0 Å². The van der Waals surface area contributed by atoms with Gasteiger partial charge in [0, 0.05) is 5.56 Å². The molecule has 0 aliphatic rings. The molecule has 0 aromatic heterocycles. The lowest BCUT2D eigenvalue weighted by Gasteiger charge is -2.08. The van der Waals surface area contributed by atoms with Gasteiger partial charge >= 0.3 is 5.97 Å². The number of carboxylic acid groups (broad SMARTS) is 1. The molecule has 0 unspecified atom stereocenters. The Kier molecular flexibility index (Phi) is 4.60. The third-order valence-electron chi connectivity index (χ3n) is 2.90. The van der Waals surface area contributed by atoms with Crippen molar-refractivity contribution in [1.29, 1.82) is 0 Å². The standard InChI is InChI=1S/C16H13ClO4/c1-10(18)14-6-5-13(8-15(14)17)21-9-11-3-2-4-12(7-11)16(19)20/h2-8H,9H2,1H3,(H,19,20). The summed E-state index contributed by atoms with van der Waals surface area (Å²) in [6, 6.07) is 11.3. The van der Waals surface area contributed by atoms with Crippen molar-refractivity contribution in [2.75, 3.05) is 0 Å². The maximum absolute atomic E-state index is 11.3. The maximum atomic E-state index is 11.3. The minimum atomic E-state index is -0.981. The van der Waals surface area contributed by atoms with E-state index in [0.29, 0.717) is 16.3 Å². The number of carboxylic acids is 1. The predicted molar refractivity (Wildman–Crippen MR) is 79.2 cm³/mol. The Labute approximate surface area is 126 Å². The summed E-state index contributed by atoms with van der Waals surface area (Å²) in [4.78, 5) is 22.2. The number of rotatable bonds is 5. The van der Waals surface area contributed by atoms with Crippen molar-refractivity contribution in [2.45, 2.75) is 13.5 Å². The van der Waals surface area contributed by atoms with Crippen LogP contribution in [0.15, 0.2) is 42.5 Å². The molecule has 21 heavy (non-hydrogen) atoms. The molecular weight excluding hydrogens is 292 g/mol. The van der Waals surface area contributed by atoms with Crippen LogP contribution in [-0.4, -0.2) is 16.9 Å². The van der Waals surface area contributed by atoms with Crippen LogP contribution in [0.1, 0.15) is 33.2 Å². The third-order valence-corrected chi connectivity index (χ3v) is 3.21. The predicted octanol–water partition coefficient (Wildman–Crippen LogP) is 3.82. The molecule has 0 aliphatic carbocycles. The lowest BCUT2D eigenvalue weighted by atomic mass is 10.1. The smallest absolute Gasteiger partial charge is 0.335 e. The van der Waals surface area contributed by atoms with E-state index in [2.05, 4.69) is 0 Å². The first-order chi connectivity index (χ1) is 9.97. The van der Waals surface area contributed by atoms with E-state index in [1.54, 1.807) is 36.4 Å². The molecule has 0 bridgehead atoms. The minimum Gasteiger partial charge on any atom is -0.489 e. The van der Waals surface area contributed by atoms with Gasteiger partial charge in [0.15, 0.2) is 5.78 Å². The van der Waals surface area contributed by atoms with E-state index in [1.807, 2.05) is 0 Å². The van der Waals surface area contributed by atoms with Gasteiger partial charge in [-0.05, 0) is 42.8 Å². The average Bonchev–Trinajstić information content (AvgIpc) is 2.45. The zero-order chi connectivity index (χ0) is 15.4. The zero-order valence-corrected chi connectivity index (χ0v) is 12.1. The number of Topliss-reactive ketones (excluding diaryl/α,β-unsaturated/α-hetero) is 1. The second-order valence-corrected chi connectivity index (χ2v) is 4.90. The van der Waals surface area contributed by atoms with Crippen LogP contribution in [0.3, 0.4) is 0 Å². The van der Waals surface area contributed by atoms with E-state index in [0.717, 1.165) is 5.56 Å². The lowest BCUT2D eigenvalue weighted by molar-refractivity contribution is 0.0696. The van der Waals surface area contributed by atoms with E-state index in [4.69, 9.17) is 21.4 Å². The number of aromatic carboxylic acids is 1. The summed E-state index contributed by atoms with van der Waals surface area (Å²) in [6.07, 6.45) is 0. The Morgan fingerprint density at radius 2 is 1.95 bits per heavy atom. The van der Waals surface area contributed by atoms with Gasteiger partial charge < -0.3 is 9.84 Å². The van der Waals surface area contributed by atoms with Crippen molar-refractivity contribution in [1.82, 2.24) is 0 Å². The highest BCUT2D eigenvalue weighted by Gasteiger charge is 2.08. The quantitative estimate of drug-likeness (QED) is 0.853. The second-order valence-electron chi connectivity index (χ2n) is 4.49. The number of ketones is 1. The lowest BCUT2D eigenvalue weighted by Crippen LogP contribution is -2.01. The highest BCUT2D eigenvalue weighted by atomic mass is 35.5. The largest absolute Gasteiger partial charge is 0.489 e. The van der Waals surface area contributed by atoms with E-state index in [-0.39, 0.29) is 18.0 Å². The van der Waals surface area contributed by atoms with Gasteiger partial charge in [-0.2, -0.15) is 0 Å². The molecule has 0 heterocycles. The Morgan fingerprint density at radius 1 is 1.19 bits per heavy atom. The zero-order valence-electron chi connectivity index (χ0n) is 11.3. The number of carbonyl (C=O) groups is 2. The van der Waals surface area contributed by atoms with Crippen molar-refractivity contribution in [3.05, 3.63) is 64.2 Å². The van der Waals surface area contributed by atoms with Crippen LogP contribution < -0.4 is 4.74 Å². The molecule has 0 fully saturated rings. The first-order valence-electron chi connectivity index (χ1n) is 6.23. The number of hydrogen-bond acceptors (Lipinski definition) is 3. The first-order valence-corrected chi connectivity index (χ1v) is 6.60. The maximum Gasteiger partial charge on any atom is 0.335 e. The van der Waals surface area contributed by atoms with E-state index in [9.17, 15) is 9.59 Å². The van der Waals surface area contributed by atoms with Crippen LogP contribution in [0.25, 0.3) is 0 Å². The molecule has 0 aliphatic heterocycles. The summed E-state index contributed by atoms with van der Waals surface area (Å²) < 4.78 is 5.55. The number of benzene rings is 2. The first kappa shape index (κ1) is 15.1. The van der Waals surface area contributed by atoms with Crippen molar-refractivity contribution in [3.8, 4) is 5.75 Å². The number of hydrogen-bond donors (Lipinski definition) is 1. The molecule has 2 aromatic carbocycles. The van der Waals surface area contributed by atoms with Crippen molar-refractivity contribution in [3.63, 3.8) is 0 Å². The molecule has 108 valence electrons. The number of halogens is 1. The summed E-state index contributed by atoms with van der Waals surface area (Å²) in [5, 5.41) is 9.26. The molecule has 2 aromatic rings. The van der Waals surface area contributed by atoms with Gasteiger partial charge in [-0.3, -0.25) is 4.79 Å². The van der Waals surface area contributed by atoms with Crippen LogP contribution in [-0.2, 0) is 6.61 Å². The summed E-state index contributed by atoms with van der Waals surface area (Å²) in [5.74, 6) is -0.572. The topological polar surface area (TPSA) is 63.6 Å². The van der Waals surface area contributed by atoms with Gasteiger partial charge in [0.05, 0.1) is 10.6 Å². The normalized spacial score (nSPS) is 10.2. The molecule has 5 heteroatoms. The van der Waals surface area contributed by atoms with E-state index in [1.165, 1.54) is 13.0 Å². The fourth-order valence-corrected chi connectivity index (χ4v) is 2.14. The molecule has 1 N–H and O–H groups in total. The van der Waals surface area contributed by atoms with Gasteiger partial charge in [0.2, 0.25) is 0 Å². The van der Waals surface area contributed by atoms with Crippen LogP contribution in [0, 0.1) is 0 Å². The molecule has 0 atom stereocenters. The molecule has 0 radical (unpaired) electrons. The minimum absolute atomic E-state index is 0.110. The summed E-state index contributed by atoms with van der Waals surface area (Å²) in [6.45, 7) is 1.66. The molecule has 0 saturated heterocycles. The van der Waals surface area contributed by atoms with Gasteiger partial charge in [-0.1, -0.05) is 23.7 Å². The van der Waals surface area contributed by atoms with Crippen molar-refractivity contribution < 1.29 is 19.4 Å². The third kappa shape index (κ3) is 3.83. The SMILES string of the molecule is CC(=O)c1ccc(OCc2cccc(C(=O)O)c2)cc1Cl. The Hall–Kier alpha value is -2.33. The molecule has 0 amide bonds. The highest BCUT2D eigenvalue weighted by Crippen LogP contribution is 2.23. The Bertz CT molecular complexity index is 694. The monoisotopic (exact) mass is 304 g/mol. The van der Waals surface area contributed by atoms with Gasteiger partial charge in [0.1, 0.15) is 12.4 Å². The van der Waals surface area contributed by atoms with Crippen LogP contribution in [0.4, 0.5) is 0 Å². The van der Waals surface area contributed by atoms with Gasteiger partial charge in [-0.25, -0.2) is 4.79 Å². The second kappa shape index (κ2) is 6.41. The van der Waals surface area contributed by atoms with Crippen LogP contribution in [0.2, 0.25) is 5.02 Å². The fourth-order valence-electron chi connectivity index (χ4n) is 1.83. The molecule has 4 nitrogen and oxygen atoms in total. The number of ether oxygens (including phenoxy) is 1. The molecule has 0 saturated carbocycles. The fraction of sp³-hybridized carbons (Fsp3) is 0.125. The Morgan fingerprint density at radius 3 is 2.57 bits per heavy atom. The number of carbonyl (C=O) groups excluding carboxylic acids is 1. The highest BCUT2D eigenvalue weighted by molar-refractivity contribution is 6.34. The average molecular weight is 305 g/mol. The summed E-state index contributed by atoms with van der Waals surface area (Å²) in [7, 11) is 0. The van der Waals surface area contributed by atoms with Crippen molar-refractivity contribution >= 4 is 23.4 Å². The molecule has 0 spiro atoms. The van der Waals surface area contributed by atoms with Crippen LogP contribution >= 0.6 is 11.6 Å².